The summed E-state index contributed by atoms with van der Waals surface area (Å²) in [5, 5.41) is 9.27. The van der Waals surface area contributed by atoms with Crippen molar-refractivity contribution < 1.29 is 18.7 Å². The lowest BCUT2D eigenvalue weighted by Gasteiger charge is -1.68. The van der Waals surface area contributed by atoms with Crippen LogP contribution in [0.2, 0.25) is 0 Å². The molecule has 4 nitrogen and oxygen atoms in total. The SMILES string of the molecule is O=C(O)C#CS(=O)O. The first kappa shape index (κ1) is 7.14. The van der Waals surface area contributed by atoms with Crippen LogP contribution in [0.5, 0.6) is 0 Å². The smallest absolute Gasteiger partial charge is 0.382 e. The quantitative estimate of drug-likeness (QED) is 0.338. The molecule has 2 N–H and O–H groups in total. The molecule has 0 aliphatic carbocycles. The van der Waals surface area contributed by atoms with Gasteiger partial charge in [0.15, 0.2) is 0 Å². The first-order valence-corrected chi connectivity index (χ1v) is 2.59. The minimum atomic E-state index is -2.33. The fourth-order valence-corrected chi connectivity index (χ4v) is 0.262. The van der Waals surface area contributed by atoms with Crippen molar-refractivity contribution in [2.75, 3.05) is 0 Å². The highest BCUT2D eigenvalue weighted by atomic mass is 32.2. The first-order valence-electron chi connectivity index (χ1n) is 1.48. The topological polar surface area (TPSA) is 74.6 Å². The Labute approximate surface area is 47.8 Å². The molecule has 5 heteroatoms. The maximum Gasteiger partial charge on any atom is 0.382 e. The highest BCUT2D eigenvalue weighted by Gasteiger charge is 1.84. The van der Waals surface area contributed by atoms with E-state index in [4.69, 9.17) is 9.66 Å². The molecule has 0 rings (SSSR count). The predicted molar refractivity (Wildman–Crippen MR) is 26.2 cm³/mol. The molecule has 0 bridgehead atoms. The lowest BCUT2D eigenvalue weighted by molar-refractivity contribution is -0.130. The molecule has 0 aliphatic rings. The summed E-state index contributed by atoms with van der Waals surface area (Å²) < 4.78 is 17.4. The van der Waals surface area contributed by atoms with Gasteiger partial charge in [0.25, 0.3) is 0 Å². The summed E-state index contributed by atoms with van der Waals surface area (Å²) in [5.41, 5.74) is 0. The molecule has 0 aromatic rings. The molecule has 0 aliphatic heterocycles. The first-order chi connectivity index (χ1) is 3.63. The second-order valence-corrected chi connectivity index (χ2v) is 1.48. The number of hydrogen-bond acceptors (Lipinski definition) is 2. The Balaban J connectivity index is 3.87. The Hall–Kier alpha value is -0.860. The van der Waals surface area contributed by atoms with Gasteiger partial charge in [-0.1, -0.05) is 0 Å². The van der Waals surface area contributed by atoms with Gasteiger partial charge >= 0.3 is 5.97 Å². The molecule has 44 valence electrons. The Morgan fingerprint density at radius 3 is 2.25 bits per heavy atom. The third-order valence-electron chi connectivity index (χ3n) is 0.245. The van der Waals surface area contributed by atoms with Crippen LogP contribution in [-0.4, -0.2) is 19.8 Å². The lowest BCUT2D eigenvalue weighted by atomic mass is 10.7. The molecule has 0 aromatic heterocycles. The second kappa shape index (κ2) is 3.18. The summed E-state index contributed by atoms with van der Waals surface area (Å²) in [6.07, 6.45) is 0. The zero-order valence-corrected chi connectivity index (χ0v) is 4.44. The Bertz CT molecular complexity index is 155. The highest BCUT2D eigenvalue weighted by molar-refractivity contribution is 7.84. The van der Waals surface area contributed by atoms with E-state index < -0.39 is 17.0 Å². The summed E-state index contributed by atoms with van der Waals surface area (Å²) in [6, 6.07) is 0. The minimum Gasteiger partial charge on any atom is -0.472 e. The summed E-state index contributed by atoms with van der Waals surface area (Å²) in [4.78, 5) is 9.48. The molecule has 0 saturated carbocycles. The maximum absolute atomic E-state index is 9.58. The van der Waals surface area contributed by atoms with Crippen molar-refractivity contribution in [3.8, 4) is 11.2 Å². The van der Waals surface area contributed by atoms with Crippen molar-refractivity contribution >= 4 is 17.0 Å². The van der Waals surface area contributed by atoms with Gasteiger partial charge in [-0.15, -0.1) is 0 Å². The average Bonchev–Trinajstić information content (AvgIpc) is 1.61. The zero-order chi connectivity index (χ0) is 6.57. The third kappa shape index (κ3) is 5.14. The number of aliphatic carboxylic acids is 1. The summed E-state index contributed by atoms with van der Waals surface area (Å²) >= 11 is -2.33. The predicted octanol–water partition coefficient (Wildman–Crippen LogP) is -0.746. The van der Waals surface area contributed by atoms with Crippen LogP contribution in [0.1, 0.15) is 0 Å². The molecule has 0 saturated heterocycles. The molecule has 0 aromatic carbocycles. The van der Waals surface area contributed by atoms with Gasteiger partial charge in [0.05, 0.1) is 0 Å². The van der Waals surface area contributed by atoms with Gasteiger partial charge in [-0.3, -0.25) is 4.55 Å². The lowest BCUT2D eigenvalue weighted by Crippen LogP contribution is -1.88. The van der Waals surface area contributed by atoms with E-state index in [-0.39, 0.29) is 0 Å². The summed E-state index contributed by atoms with van der Waals surface area (Å²) in [5.74, 6) is 0.0516. The normalized spacial score (nSPS) is 11.1. The molecule has 0 amide bonds. The fraction of sp³-hybridized carbons (Fsp3) is 0. The van der Waals surface area contributed by atoms with E-state index >= 15 is 0 Å². The molecule has 8 heavy (non-hydrogen) atoms. The largest absolute Gasteiger partial charge is 0.472 e. The van der Waals surface area contributed by atoms with Crippen LogP contribution in [0, 0.1) is 11.2 Å². The maximum atomic E-state index is 9.58. The number of rotatable bonds is 0. The van der Waals surface area contributed by atoms with Crippen LogP contribution in [0.25, 0.3) is 0 Å². The van der Waals surface area contributed by atoms with Crippen molar-refractivity contribution in [1.29, 1.82) is 0 Å². The van der Waals surface area contributed by atoms with Crippen LogP contribution in [0.15, 0.2) is 0 Å². The molecule has 1 unspecified atom stereocenters. The minimum absolute atomic E-state index is 1.41. The van der Waals surface area contributed by atoms with Gasteiger partial charge < -0.3 is 5.11 Å². The molecule has 1 atom stereocenters. The second-order valence-electron chi connectivity index (χ2n) is 0.781. The van der Waals surface area contributed by atoms with E-state index in [0.29, 0.717) is 0 Å². The van der Waals surface area contributed by atoms with E-state index in [0.717, 1.165) is 0 Å². The molecule has 0 spiro atoms. The van der Waals surface area contributed by atoms with E-state index in [1.54, 1.807) is 0 Å². The number of carboxylic acid groups (broad SMARTS) is 1. The van der Waals surface area contributed by atoms with Gasteiger partial charge in [-0.25, -0.2) is 9.00 Å². The molecule has 0 fully saturated rings. The van der Waals surface area contributed by atoms with E-state index in [1.807, 2.05) is 0 Å². The van der Waals surface area contributed by atoms with Gasteiger partial charge in [0.2, 0.25) is 11.1 Å². The Morgan fingerprint density at radius 2 is 2.12 bits per heavy atom. The number of hydrogen-bond donors (Lipinski definition) is 2. The monoisotopic (exact) mass is 134 g/mol. The van der Waals surface area contributed by atoms with Gasteiger partial charge in [0, 0.05) is 11.2 Å². The molecule has 0 heterocycles. The van der Waals surface area contributed by atoms with Crippen molar-refractivity contribution in [3.63, 3.8) is 0 Å². The zero-order valence-electron chi connectivity index (χ0n) is 3.62. The van der Waals surface area contributed by atoms with Gasteiger partial charge in [-0.05, 0) is 0 Å². The van der Waals surface area contributed by atoms with E-state index in [2.05, 4.69) is 0 Å². The number of carbonyl (C=O) groups is 1. The Kier molecular flexibility index (Phi) is 2.84. The van der Waals surface area contributed by atoms with E-state index in [1.165, 1.54) is 11.2 Å². The highest BCUT2D eigenvalue weighted by Crippen LogP contribution is 1.63. The summed E-state index contributed by atoms with van der Waals surface area (Å²) in [7, 11) is 0. The average molecular weight is 134 g/mol. The van der Waals surface area contributed by atoms with Crippen LogP contribution in [0.3, 0.4) is 0 Å². The van der Waals surface area contributed by atoms with Crippen molar-refractivity contribution in [3.05, 3.63) is 0 Å². The summed E-state index contributed by atoms with van der Waals surface area (Å²) in [6.45, 7) is 0. The van der Waals surface area contributed by atoms with Crippen LogP contribution in [-0.2, 0) is 15.9 Å². The standard InChI is InChI=1S/C3H2O4S/c4-3(5)1-2-8(6)7/h(H,4,5)(H,6,7). The molecular weight excluding hydrogens is 132 g/mol. The van der Waals surface area contributed by atoms with Gasteiger partial charge in [-0.2, -0.15) is 0 Å². The third-order valence-corrected chi connectivity index (χ3v) is 0.522. The molecule has 0 radical (unpaired) electrons. The van der Waals surface area contributed by atoms with Crippen molar-refractivity contribution in [1.82, 2.24) is 0 Å². The van der Waals surface area contributed by atoms with Crippen LogP contribution >= 0.6 is 0 Å². The fourth-order valence-electron chi connectivity index (χ4n) is 0.0873. The van der Waals surface area contributed by atoms with Crippen LogP contribution < -0.4 is 0 Å². The van der Waals surface area contributed by atoms with E-state index in [9.17, 15) is 9.00 Å². The van der Waals surface area contributed by atoms with Crippen LogP contribution in [0.4, 0.5) is 0 Å². The van der Waals surface area contributed by atoms with Gasteiger partial charge in [0.1, 0.15) is 0 Å². The number of carboxylic acids is 1. The van der Waals surface area contributed by atoms with Crippen molar-refractivity contribution in [2.45, 2.75) is 0 Å². The van der Waals surface area contributed by atoms with Crippen molar-refractivity contribution in [2.24, 2.45) is 0 Å². The molecular formula is C3H2O4S. The Morgan fingerprint density at radius 1 is 1.62 bits per heavy atom.